The highest BCUT2D eigenvalue weighted by Gasteiger charge is 2.38. The van der Waals surface area contributed by atoms with Crippen LogP contribution in [0.2, 0.25) is 5.02 Å². The summed E-state index contributed by atoms with van der Waals surface area (Å²) in [6.45, 7) is 4.40. The first-order chi connectivity index (χ1) is 9.75. The van der Waals surface area contributed by atoms with Crippen molar-refractivity contribution >= 4 is 27.3 Å². The average Bonchev–Trinajstić information content (AvgIpc) is 2.41. The first-order valence-corrected chi connectivity index (χ1v) is 8.26. The maximum atomic E-state index is 12.8. The summed E-state index contributed by atoms with van der Waals surface area (Å²) in [4.78, 5) is 10.0. The monoisotopic (exact) mass is 333 g/mol. The molecular weight excluding hydrogens is 318 g/mol. The third-order valence-electron chi connectivity index (χ3n) is 3.68. The predicted octanol–water partition coefficient (Wildman–Crippen LogP) is 1.62. The fourth-order valence-electron chi connectivity index (χ4n) is 2.34. The number of halogens is 1. The molecule has 2 atom stereocenters. The molecule has 0 saturated carbocycles. The molecule has 1 aliphatic heterocycles. The van der Waals surface area contributed by atoms with Gasteiger partial charge in [0.15, 0.2) is 4.90 Å². The topological polar surface area (TPSA) is 92.6 Å². The Hall–Kier alpha value is -1.22. The lowest BCUT2D eigenvalue weighted by molar-refractivity contribution is -0.387. The quantitative estimate of drug-likeness (QED) is 0.670. The van der Waals surface area contributed by atoms with Crippen molar-refractivity contribution in [2.24, 2.45) is 0 Å². The fourth-order valence-corrected chi connectivity index (χ4v) is 4.46. The van der Waals surface area contributed by atoms with Crippen LogP contribution in [-0.2, 0) is 10.0 Å². The van der Waals surface area contributed by atoms with Crippen LogP contribution < -0.4 is 5.32 Å². The zero-order valence-corrected chi connectivity index (χ0v) is 13.2. The highest BCUT2D eigenvalue weighted by Crippen LogP contribution is 2.31. The van der Waals surface area contributed by atoms with Crippen molar-refractivity contribution in [3.8, 4) is 0 Å². The number of nitrogens with one attached hydrogen (secondary N) is 1. The lowest BCUT2D eigenvalue weighted by Crippen LogP contribution is -2.57. The maximum absolute atomic E-state index is 12.8. The van der Waals surface area contributed by atoms with Gasteiger partial charge >= 0.3 is 0 Å². The number of nitro groups is 1. The molecule has 0 radical (unpaired) electrons. The third kappa shape index (κ3) is 3.03. The molecule has 1 N–H and O–H groups in total. The second-order valence-corrected chi connectivity index (χ2v) is 7.26. The van der Waals surface area contributed by atoms with Crippen molar-refractivity contribution in [2.45, 2.75) is 30.8 Å². The molecule has 1 aromatic carbocycles. The normalized spacial score (nSPS) is 24.0. The summed E-state index contributed by atoms with van der Waals surface area (Å²) >= 11 is 5.81. The van der Waals surface area contributed by atoms with Crippen LogP contribution in [0.1, 0.15) is 13.8 Å². The first-order valence-electron chi connectivity index (χ1n) is 6.44. The highest BCUT2D eigenvalue weighted by atomic mass is 35.5. The van der Waals surface area contributed by atoms with Crippen LogP contribution in [0.4, 0.5) is 5.69 Å². The largest absolute Gasteiger partial charge is 0.311 e. The molecule has 9 heteroatoms. The van der Waals surface area contributed by atoms with E-state index >= 15 is 0 Å². The van der Waals surface area contributed by atoms with Gasteiger partial charge in [-0.1, -0.05) is 11.6 Å². The molecular formula is C12H16ClN3O4S. The van der Waals surface area contributed by atoms with Crippen molar-refractivity contribution < 1.29 is 13.3 Å². The number of rotatable bonds is 3. The van der Waals surface area contributed by atoms with Crippen molar-refractivity contribution in [3.63, 3.8) is 0 Å². The van der Waals surface area contributed by atoms with Crippen LogP contribution in [0, 0.1) is 10.1 Å². The van der Waals surface area contributed by atoms with E-state index in [1.165, 1.54) is 10.4 Å². The first kappa shape index (κ1) is 16.2. The van der Waals surface area contributed by atoms with Gasteiger partial charge in [-0.15, -0.1) is 0 Å². The zero-order chi connectivity index (χ0) is 15.8. The smallest absolute Gasteiger partial charge is 0.289 e. The molecule has 1 fully saturated rings. The molecule has 1 aromatic rings. The molecule has 2 unspecified atom stereocenters. The Morgan fingerprint density at radius 2 is 2.10 bits per heavy atom. The predicted molar refractivity (Wildman–Crippen MR) is 78.9 cm³/mol. The molecule has 7 nitrogen and oxygen atoms in total. The lowest BCUT2D eigenvalue weighted by atomic mass is 10.1. The lowest BCUT2D eigenvalue weighted by Gasteiger charge is -2.37. The van der Waals surface area contributed by atoms with Crippen molar-refractivity contribution in [3.05, 3.63) is 33.3 Å². The molecule has 21 heavy (non-hydrogen) atoms. The van der Waals surface area contributed by atoms with Gasteiger partial charge < -0.3 is 5.32 Å². The minimum Gasteiger partial charge on any atom is -0.311 e. The van der Waals surface area contributed by atoms with Gasteiger partial charge in [0, 0.05) is 36.3 Å². The second kappa shape index (κ2) is 5.88. The van der Waals surface area contributed by atoms with Gasteiger partial charge in [0.1, 0.15) is 0 Å². The maximum Gasteiger partial charge on any atom is 0.289 e. The minimum atomic E-state index is -3.98. The Bertz CT molecular complexity index is 664. The van der Waals surface area contributed by atoms with Gasteiger partial charge in [-0.25, -0.2) is 8.42 Å². The van der Waals surface area contributed by atoms with Crippen LogP contribution in [0.3, 0.4) is 0 Å². The second-order valence-electron chi connectivity index (χ2n) is 4.97. The molecule has 0 amide bonds. The Morgan fingerprint density at radius 3 is 2.71 bits per heavy atom. The summed E-state index contributed by atoms with van der Waals surface area (Å²) < 4.78 is 26.8. The van der Waals surface area contributed by atoms with Crippen molar-refractivity contribution in [1.82, 2.24) is 9.62 Å². The summed E-state index contributed by atoms with van der Waals surface area (Å²) in [5.41, 5.74) is -0.460. The molecule has 1 aliphatic rings. The van der Waals surface area contributed by atoms with Crippen molar-refractivity contribution in [1.29, 1.82) is 0 Å². The number of sulfonamides is 1. The van der Waals surface area contributed by atoms with E-state index in [-0.39, 0.29) is 28.5 Å². The Labute approximate surface area is 128 Å². The third-order valence-corrected chi connectivity index (χ3v) is 5.93. The van der Waals surface area contributed by atoms with Crippen LogP contribution in [0.25, 0.3) is 0 Å². The van der Waals surface area contributed by atoms with Crippen LogP contribution in [0.5, 0.6) is 0 Å². The van der Waals surface area contributed by atoms with Crippen LogP contribution in [-0.4, -0.2) is 42.8 Å². The molecule has 0 bridgehead atoms. The van der Waals surface area contributed by atoms with E-state index < -0.39 is 20.6 Å². The highest BCUT2D eigenvalue weighted by molar-refractivity contribution is 7.89. The number of piperazine rings is 1. The number of benzene rings is 1. The van der Waals surface area contributed by atoms with Gasteiger partial charge in [-0.05, 0) is 26.0 Å². The van der Waals surface area contributed by atoms with E-state index in [1.807, 2.05) is 6.92 Å². The van der Waals surface area contributed by atoms with E-state index in [1.54, 1.807) is 6.92 Å². The standard InChI is InChI=1S/C12H16ClN3O4S/c1-8-9(2)15(6-5-14-8)21(19,20)12-7-10(13)3-4-11(12)16(17)18/h3-4,7-9,14H,5-6H2,1-2H3. The molecule has 2 rings (SSSR count). The van der Waals surface area contributed by atoms with Crippen LogP contribution >= 0.6 is 11.6 Å². The molecule has 116 valence electrons. The molecule has 1 saturated heterocycles. The van der Waals surface area contributed by atoms with E-state index in [4.69, 9.17) is 11.6 Å². The molecule has 1 heterocycles. The van der Waals surface area contributed by atoms with E-state index in [0.29, 0.717) is 6.54 Å². The average molecular weight is 334 g/mol. The summed E-state index contributed by atoms with van der Waals surface area (Å²) in [6.07, 6.45) is 0. The number of hydrogen-bond donors (Lipinski definition) is 1. The fraction of sp³-hybridized carbons (Fsp3) is 0.500. The number of nitro benzene ring substituents is 1. The van der Waals surface area contributed by atoms with Gasteiger partial charge in [0.25, 0.3) is 5.69 Å². The number of nitrogens with zero attached hydrogens (tertiary/aromatic N) is 2. The van der Waals surface area contributed by atoms with Gasteiger partial charge in [-0.2, -0.15) is 4.31 Å². The van der Waals surface area contributed by atoms with Crippen molar-refractivity contribution in [2.75, 3.05) is 13.1 Å². The van der Waals surface area contributed by atoms with Gasteiger partial charge in [0.05, 0.1) is 4.92 Å². The molecule has 0 aliphatic carbocycles. The summed E-state index contributed by atoms with van der Waals surface area (Å²) in [7, 11) is -3.98. The summed E-state index contributed by atoms with van der Waals surface area (Å²) in [5.74, 6) is 0. The summed E-state index contributed by atoms with van der Waals surface area (Å²) in [6, 6.07) is 3.22. The summed E-state index contributed by atoms with van der Waals surface area (Å²) in [5, 5.41) is 14.4. The molecule has 0 spiro atoms. The minimum absolute atomic E-state index is 0.0354. The molecule has 0 aromatic heterocycles. The van der Waals surface area contributed by atoms with Gasteiger partial charge in [-0.3, -0.25) is 10.1 Å². The Kier molecular flexibility index (Phi) is 4.52. The van der Waals surface area contributed by atoms with E-state index in [0.717, 1.165) is 12.1 Å². The van der Waals surface area contributed by atoms with Crippen LogP contribution in [0.15, 0.2) is 23.1 Å². The SMILES string of the molecule is CC1NCCN(S(=O)(=O)c2cc(Cl)ccc2[N+](=O)[O-])C1C. The van der Waals surface area contributed by atoms with Gasteiger partial charge in [0.2, 0.25) is 10.0 Å². The zero-order valence-electron chi connectivity index (χ0n) is 11.6. The Balaban J connectivity index is 2.53. The van der Waals surface area contributed by atoms with E-state index in [9.17, 15) is 18.5 Å². The Morgan fingerprint density at radius 1 is 1.43 bits per heavy atom. The number of hydrogen-bond acceptors (Lipinski definition) is 5. The van der Waals surface area contributed by atoms with E-state index in [2.05, 4.69) is 5.32 Å².